The van der Waals surface area contributed by atoms with E-state index in [1.165, 1.54) is 7.11 Å². The number of ether oxygens (including phenoxy) is 1. The number of aromatic nitrogens is 1. The Labute approximate surface area is 126 Å². The number of pyridine rings is 1. The fraction of sp³-hybridized carbons (Fsp3) is 0.538. The smallest absolute Gasteiger partial charge is 0.464 e. The maximum absolute atomic E-state index is 11.7. The van der Waals surface area contributed by atoms with Crippen LogP contribution in [0.4, 0.5) is 0 Å². The van der Waals surface area contributed by atoms with E-state index >= 15 is 0 Å². The second-order valence-corrected chi connectivity index (χ2v) is 5.88. The average Bonchev–Trinajstić information content (AvgIpc) is 2.62. The molecule has 0 N–H and O–H groups in total. The Morgan fingerprint density at radius 1 is 1.40 bits per heavy atom. The van der Waals surface area contributed by atoms with Gasteiger partial charge in [0.15, 0.2) is 0 Å². The van der Waals surface area contributed by atoms with Crippen LogP contribution >= 0.6 is 11.6 Å². The maximum Gasteiger partial charge on any atom is 0.496 e. The second kappa shape index (κ2) is 5.02. The molecule has 108 valence electrons. The Balaban J connectivity index is 2.57. The fourth-order valence-corrected chi connectivity index (χ4v) is 1.87. The molecule has 0 bridgehead atoms. The van der Waals surface area contributed by atoms with Crippen molar-refractivity contribution in [3.8, 4) is 0 Å². The molecule has 1 aliphatic rings. The minimum atomic E-state index is -0.958. The molecule has 0 aliphatic carbocycles. The summed E-state index contributed by atoms with van der Waals surface area (Å²) in [6.07, 6.45) is -0.331. The first kappa shape index (κ1) is 12.6. The summed E-state index contributed by atoms with van der Waals surface area (Å²) in [5.41, 5.74) is -1.45. The molecule has 2 heterocycles. The first-order valence-corrected chi connectivity index (χ1v) is 6.50. The zero-order valence-electron chi connectivity index (χ0n) is 14.0. The summed E-state index contributed by atoms with van der Waals surface area (Å²) in [5, 5.41) is -0.0730. The van der Waals surface area contributed by atoms with E-state index in [1.54, 1.807) is 0 Å². The molecule has 2 rings (SSSR count). The van der Waals surface area contributed by atoms with Crippen molar-refractivity contribution in [2.24, 2.45) is 0 Å². The van der Waals surface area contributed by atoms with Crippen LogP contribution in [0.1, 0.15) is 40.9 Å². The van der Waals surface area contributed by atoms with Gasteiger partial charge >= 0.3 is 13.1 Å². The van der Waals surface area contributed by atoms with Gasteiger partial charge in [-0.1, -0.05) is 11.6 Å². The Kier molecular flexibility index (Phi) is 3.17. The molecule has 0 saturated carbocycles. The summed E-state index contributed by atoms with van der Waals surface area (Å²) in [7, 11) is 0.219. The van der Waals surface area contributed by atoms with Crippen molar-refractivity contribution in [1.29, 1.82) is 0 Å². The quantitative estimate of drug-likeness (QED) is 0.616. The van der Waals surface area contributed by atoms with E-state index in [-0.39, 0.29) is 28.4 Å². The van der Waals surface area contributed by atoms with Crippen LogP contribution in [0.5, 0.6) is 0 Å². The van der Waals surface area contributed by atoms with Crippen LogP contribution in [-0.2, 0) is 14.0 Å². The van der Waals surface area contributed by atoms with Crippen molar-refractivity contribution in [2.75, 3.05) is 7.11 Å². The number of hydrogen-bond acceptors (Lipinski definition) is 5. The van der Waals surface area contributed by atoms with E-state index in [4.69, 9.17) is 23.7 Å². The molecule has 0 unspecified atom stereocenters. The molecule has 0 amide bonds. The van der Waals surface area contributed by atoms with E-state index in [1.807, 2.05) is 27.7 Å². The van der Waals surface area contributed by atoms with Gasteiger partial charge in [0.2, 0.25) is 0 Å². The van der Waals surface area contributed by atoms with Crippen LogP contribution in [-0.4, -0.2) is 36.4 Å². The number of carbonyl (C=O) groups is 1. The van der Waals surface area contributed by atoms with Gasteiger partial charge < -0.3 is 14.0 Å². The van der Waals surface area contributed by atoms with Gasteiger partial charge in [0.05, 0.1) is 26.1 Å². The van der Waals surface area contributed by atoms with Gasteiger partial charge in [-0.15, -0.1) is 0 Å². The molecule has 7 heteroatoms. The molecule has 1 saturated heterocycles. The number of methoxy groups -OCH3 is 1. The van der Waals surface area contributed by atoms with Crippen molar-refractivity contribution >= 4 is 30.2 Å². The summed E-state index contributed by atoms with van der Waals surface area (Å²) in [6.45, 7) is 7.42. The number of halogens is 1. The van der Waals surface area contributed by atoms with Gasteiger partial charge in [0, 0.05) is 11.6 Å². The minimum Gasteiger partial charge on any atom is -0.464 e. The van der Waals surface area contributed by atoms with Crippen LogP contribution in [0.2, 0.25) is 5.02 Å². The molecule has 1 aromatic heterocycles. The monoisotopic (exact) mass is 299 g/mol. The zero-order valence-corrected chi connectivity index (χ0v) is 12.8. The molecule has 1 aliphatic heterocycles. The average molecular weight is 300 g/mol. The molecule has 0 atom stereocenters. The lowest BCUT2D eigenvalue weighted by Gasteiger charge is -2.32. The van der Waals surface area contributed by atoms with E-state index < -0.39 is 24.3 Å². The lowest BCUT2D eigenvalue weighted by molar-refractivity contribution is 0.00578. The standard InChI is InChI=1S/C13H17BClNO4/c1-12(2)13(3,4)20-14(19-12)8-6-10(11(17)18-5)16-7-9(8)15/h6-7H,1-5H3/i6D,7D. The summed E-state index contributed by atoms with van der Waals surface area (Å²) in [5.74, 6) is -0.812. The highest BCUT2D eigenvalue weighted by Gasteiger charge is 2.52. The minimum absolute atomic E-state index is 0.0730. The highest BCUT2D eigenvalue weighted by Crippen LogP contribution is 2.36. The van der Waals surface area contributed by atoms with Crippen molar-refractivity contribution < 1.29 is 21.6 Å². The summed E-state index contributed by atoms with van der Waals surface area (Å²) < 4.78 is 32.2. The summed E-state index contributed by atoms with van der Waals surface area (Å²) in [4.78, 5) is 15.4. The van der Waals surface area contributed by atoms with Crippen LogP contribution in [0.25, 0.3) is 0 Å². The summed E-state index contributed by atoms with van der Waals surface area (Å²) in [6, 6.07) is -0.258. The molecule has 0 aromatic carbocycles. The Hall–Kier alpha value is -1.11. The predicted octanol–water partition coefficient (Wildman–Crippen LogP) is 1.82. The van der Waals surface area contributed by atoms with Crippen LogP contribution < -0.4 is 5.46 Å². The molecule has 5 nitrogen and oxygen atoms in total. The van der Waals surface area contributed by atoms with Gasteiger partial charge in [0.25, 0.3) is 0 Å². The number of esters is 1. The van der Waals surface area contributed by atoms with E-state index in [0.717, 1.165) is 0 Å². The Morgan fingerprint density at radius 2 is 1.95 bits per heavy atom. The van der Waals surface area contributed by atoms with Gasteiger partial charge in [0.1, 0.15) is 5.69 Å². The van der Waals surface area contributed by atoms with Gasteiger partial charge in [-0.05, 0) is 33.7 Å². The SMILES string of the molecule is [2H]c1nc(C(=O)OC)c([2H])c(B2OC(C)(C)C(C)(C)O2)c1Cl. The third-order valence-electron chi connectivity index (χ3n) is 3.62. The van der Waals surface area contributed by atoms with Crippen molar-refractivity contribution in [2.45, 2.75) is 38.9 Å². The summed E-state index contributed by atoms with van der Waals surface area (Å²) >= 11 is 6.10. The molecule has 20 heavy (non-hydrogen) atoms. The maximum atomic E-state index is 11.7. The largest absolute Gasteiger partial charge is 0.496 e. The fourth-order valence-electron chi connectivity index (χ4n) is 1.69. The van der Waals surface area contributed by atoms with E-state index in [9.17, 15) is 4.79 Å². The molecule has 1 aromatic rings. The van der Waals surface area contributed by atoms with Gasteiger partial charge in [-0.3, -0.25) is 0 Å². The van der Waals surface area contributed by atoms with Crippen LogP contribution in [0.3, 0.4) is 0 Å². The van der Waals surface area contributed by atoms with Gasteiger partial charge in [-0.2, -0.15) is 0 Å². The van der Waals surface area contributed by atoms with Crippen LogP contribution in [0.15, 0.2) is 12.2 Å². The van der Waals surface area contributed by atoms with Gasteiger partial charge in [-0.25, -0.2) is 9.78 Å². The van der Waals surface area contributed by atoms with Crippen molar-refractivity contribution in [3.63, 3.8) is 0 Å². The van der Waals surface area contributed by atoms with Crippen molar-refractivity contribution in [1.82, 2.24) is 4.98 Å². The van der Waals surface area contributed by atoms with E-state index in [2.05, 4.69) is 9.72 Å². The Morgan fingerprint density at radius 3 is 2.45 bits per heavy atom. The first-order valence-electron chi connectivity index (χ1n) is 7.12. The number of carbonyl (C=O) groups excluding carboxylic acids is 1. The molecule has 0 spiro atoms. The Bertz CT molecular complexity index is 623. The van der Waals surface area contributed by atoms with Crippen LogP contribution in [0, 0.1) is 0 Å². The highest BCUT2D eigenvalue weighted by molar-refractivity contribution is 6.65. The molecular formula is C13H17BClNO4. The zero-order chi connectivity index (χ0) is 16.9. The number of nitrogens with zero attached hydrogens (tertiary/aromatic N) is 1. The topological polar surface area (TPSA) is 57.7 Å². The molecule has 0 radical (unpaired) electrons. The lowest BCUT2D eigenvalue weighted by Crippen LogP contribution is -2.41. The second-order valence-electron chi connectivity index (χ2n) is 5.50. The highest BCUT2D eigenvalue weighted by atomic mass is 35.5. The molecular weight excluding hydrogens is 280 g/mol. The molecule has 1 fully saturated rings. The normalized spacial score (nSPS) is 21.4. The first-order chi connectivity index (χ1) is 10.0. The predicted molar refractivity (Wildman–Crippen MR) is 76.3 cm³/mol. The third-order valence-corrected chi connectivity index (χ3v) is 3.91. The third kappa shape index (κ3) is 2.55. The van der Waals surface area contributed by atoms with Crippen molar-refractivity contribution in [3.05, 3.63) is 22.9 Å². The lowest BCUT2D eigenvalue weighted by atomic mass is 9.79. The number of rotatable bonds is 2. The van der Waals surface area contributed by atoms with E-state index in [0.29, 0.717) is 0 Å². The number of hydrogen-bond donors (Lipinski definition) is 0.